The van der Waals surface area contributed by atoms with Gasteiger partial charge in [0.2, 0.25) is 0 Å². The highest BCUT2D eigenvalue weighted by atomic mass is 16.6. The second-order valence-electron chi connectivity index (χ2n) is 8.28. The Morgan fingerprint density at radius 2 is 1.59 bits per heavy atom. The van der Waals surface area contributed by atoms with E-state index in [4.69, 9.17) is 14.2 Å². The van der Waals surface area contributed by atoms with Gasteiger partial charge in [0.1, 0.15) is 19.0 Å². The van der Waals surface area contributed by atoms with Crippen LogP contribution in [0.15, 0.2) is 78.9 Å². The SMILES string of the molecule is Cc1cc(NC(=O)COC(=O)c2ccccc2C(=O)c2ccc3c(c2)OCCO3)n(-c2ccccc2)n1. The largest absolute Gasteiger partial charge is 0.486 e. The van der Waals surface area contributed by atoms with E-state index in [1.807, 2.05) is 37.3 Å². The lowest BCUT2D eigenvalue weighted by atomic mass is 9.98. The van der Waals surface area contributed by atoms with E-state index in [1.165, 1.54) is 12.1 Å². The molecule has 37 heavy (non-hydrogen) atoms. The molecule has 186 valence electrons. The molecule has 0 atom stereocenters. The summed E-state index contributed by atoms with van der Waals surface area (Å²) in [5.74, 6) is -0.232. The summed E-state index contributed by atoms with van der Waals surface area (Å²) in [6, 6.07) is 22.2. The number of hydrogen-bond donors (Lipinski definition) is 1. The number of carbonyl (C=O) groups excluding carboxylic acids is 3. The zero-order valence-corrected chi connectivity index (χ0v) is 20.0. The summed E-state index contributed by atoms with van der Waals surface area (Å²) in [6.45, 7) is 2.10. The van der Waals surface area contributed by atoms with Crippen molar-refractivity contribution in [2.75, 3.05) is 25.1 Å². The molecule has 0 radical (unpaired) electrons. The number of nitrogens with zero attached hydrogens (tertiary/aromatic N) is 2. The van der Waals surface area contributed by atoms with Crippen LogP contribution in [0.3, 0.4) is 0 Å². The summed E-state index contributed by atoms with van der Waals surface area (Å²) in [7, 11) is 0. The van der Waals surface area contributed by atoms with E-state index in [0.717, 1.165) is 5.69 Å². The molecule has 0 spiro atoms. The minimum absolute atomic E-state index is 0.0559. The molecule has 0 bridgehead atoms. The van der Waals surface area contributed by atoms with Crippen LogP contribution in [-0.2, 0) is 9.53 Å². The average molecular weight is 498 g/mol. The number of ether oxygens (including phenoxy) is 3. The smallest absolute Gasteiger partial charge is 0.339 e. The number of carbonyl (C=O) groups is 3. The van der Waals surface area contributed by atoms with E-state index in [0.29, 0.717) is 41.8 Å². The number of fused-ring (bicyclic) bond motifs is 1. The van der Waals surface area contributed by atoms with Gasteiger partial charge in [0, 0.05) is 17.2 Å². The van der Waals surface area contributed by atoms with Crippen LogP contribution in [0.1, 0.15) is 32.0 Å². The molecule has 1 aromatic heterocycles. The van der Waals surface area contributed by atoms with Crippen LogP contribution in [0.2, 0.25) is 0 Å². The van der Waals surface area contributed by atoms with Gasteiger partial charge in [-0.3, -0.25) is 9.59 Å². The monoisotopic (exact) mass is 497 g/mol. The van der Waals surface area contributed by atoms with Crippen molar-refractivity contribution >= 4 is 23.5 Å². The Morgan fingerprint density at radius 1 is 0.892 bits per heavy atom. The number of esters is 1. The summed E-state index contributed by atoms with van der Waals surface area (Å²) in [6.07, 6.45) is 0. The number of hydrogen-bond acceptors (Lipinski definition) is 7. The number of nitrogens with one attached hydrogen (secondary N) is 1. The van der Waals surface area contributed by atoms with E-state index in [9.17, 15) is 14.4 Å². The molecule has 0 aliphatic carbocycles. The Balaban J connectivity index is 1.28. The summed E-state index contributed by atoms with van der Waals surface area (Å²) < 4.78 is 17.9. The molecule has 0 saturated carbocycles. The summed E-state index contributed by atoms with van der Waals surface area (Å²) >= 11 is 0. The van der Waals surface area contributed by atoms with Crippen molar-refractivity contribution in [2.45, 2.75) is 6.92 Å². The lowest BCUT2D eigenvalue weighted by Crippen LogP contribution is -2.23. The fourth-order valence-electron chi connectivity index (χ4n) is 3.94. The Labute approximate surface area is 212 Å². The zero-order chi connectivity index (χ0) is 25.8. The fourth-order valence-corrected chi connectivity index (χ4v) is 3.94. The molecule has 9 nitrogen and oxygen atoms in total. The third-order valence-electron chi connectivity index (χ3n) is 5.63. The van der Waals surface area contributed by atoms with Gasteiger partial charge >= 0.3 is 5.97 Å². The summed E-state index contributed by atoms with van der Waals surface area (Å²) in [5, 5.41) is 7.12. The Kier molecular flexibility index (Phi) is 6.67. The molecule has 0 fully saturated rings. The third kappa shape index (κ3) is 5.20. The zero-order valence-electron chi connectivity index (χ0n) is 20.0. The van der Waals surface area contributed by atoms with Gasteiger partial charge in [0.25, 0.3) is 5.91 Å². The van der Waals surface area contributed by atoms with Crippen molar-refractivity contribution in [1.29, 1.82) is 0 Å². The first-order valence-corrected chi connectivity index (χ1v) is 11.6. The number of aromatic nitrogens is 2. The molecule has 0 saturated heterocycles. The highest BCUT2D eigenvalue weighted by Gasteiger charge is 2.22. The van der Waals surface area contributed by atoms with E-state index in [-0.39, 0.29) is 16.9 Å². The van der Waals surface area contributed by atoms with Crippen LogP contribution < -0.4 is 14.8 Å². The number of para-hydroxylation sites is 1. The maximum absolute atomic E-state index is 13.2. The van der Waals surface area contributed by atoms with Crippen molar-refractivity contribution in [3.63, 3.8) is 0 Å². The standard InChI is InChI=1S/C28H23N3O6/c1-18-15-25(31(30-18)20-7-3-2-4-8-20)29-26(32)17-37-28(34)22-10-6-5-9-21(22)27(33)19-11-12-23-24(16-19)36-14-13-35-23/h2-12,15-16H,13-14,17H2,1H3,(H,29,32). The fraction of sp³-hybridized carbons (Fsp3) is 0.143. The normalized spacial score (nSPS) is 12.0. The van der Waals surface area contributed by atoms with Gasteiger partial charge < -0.3 is 19.5 Å². The van der Waals surface area contributed by atoms with Gasteiger partial charge in [0.05, 0.1) is 16.9 Å². The molecule has 4 aromatic rings. The Hall–Kier alpha value is -4.92. The van der Waals surface area contributed by atoms with Crippen LogP contribution in [0.5, 0.6) is 11.5 Å². The number of benzene rings is 3. The van der Waals surface area contributed by atoms with Gasteiger partial charge in [-0.15, -0.1) is 0 Å². The molecule has 5 rings (SSSR count). The maximum atomic E-state index is 13.2. The number of ketones is 1. The van der Waals surface area contributed by atoms with Crippen LogP contribution in [0.4, 0.5) is 5.82 Å². The van der Waals surface area contributed by atoms with Crippen LogP contribution in [-0.4, -0.2) is 47.3 Å². The first-order valence-electron chi connectivity index (χ1n) is 11.6. The van der Waals surface area contributed by atoms with E-state index in [2.05, 4.69) is 10.4 Å². The Bertz CT molecular complexity index is 1480. The minimum atomic E-state index is -0.788. The van der Waals surface area contributed by atoms with Crippen molar-refractivity contribution in [3.05, 3.63) is 101 Å². The predicted octanol–water partition coefficient (Wildman–Crippen LogP) is 3.98. The second-order valence-corrected chi connectivity index (χ2v) is 8.28. The lowest BCUT2D eigenvalue weighted by Gasteiger charge is -2.18. The second kappa shape index (κ2) is 10.4. The number of anilines is 1. The van der Waals surface area contributed by atoms with Crippen LogP contribution >= 0.6 is 0 Å². The van der Waals surface area contributed by atoms with Crippen molar-refractivity contribution in [2.24, 2.45) is 0 Å². The van der Waals surface area contributed by atoms with Gasteiger partial charge in [0.15, 0.2) is 23.9 Å². The summed E-state index contributed by atoms with van der Waals surface area (Å²) in [5.41, 5.74) is 2.03. The molecule has 1 aliphatic rings. The molecule has 1 N–H and O–H groups in total. The summed E-state index contributed by atoms with van der Waals surface area (Å²) in [4.78, 5) is 38.7. The van der Waals surface area contributed by atoms with Crippen molar-refractivity contribution in [1.82, 2.24) is 9.78 Å². The van der Waals surface area contributed by atoms with Crippen molar-refractivity contribution in [3.8, 4) is 17.2 Å². The molecule has 0 unspecified atom stereocenters. The first kappa shape index (κ1) is 23.8. The molecule has 2 heterocycles. The van der Waals surface area contributed by atoms with Gasteiger partial charge in [-0.25, -0.2) is 9.48 Å². The van der Waals surface area contributed by atoms with Crippen LogP contribution in [0, 0.1) is 6.92 Å². The number of aryl methyl sites for hydroxylation is 1. The lowest BCUT2D eigenvalue weighted by molar-refractivity contribution is -0.119. The maximum Gasteiger partial charge on any atom is 0.339 e. The minimum Gasteiger partial charge on any atom is -0.486 e. The first-order chi connectivity index (χ1) is 18.0. The molecular weight excluding hydrogens is 474 g/mol. The van der Waals surface area contributed by atoms with Crippen LogP contribution in [0.25, 0.3) is 5.69 Å². The van der Waals surface area contributed by atoms with E-state index < -0.39 is 18.5 Å². The molecule has 3 aromatic carbocycles. The van der Waals surface area contributed by atoms with E-state index >= 15 is 0 Å². The quantitative estimate of drug-likeness (QED) is 0.304. The molecule has 1 amide bonds. The molecule has 9 heteroatoms. The molecular formula is C28H23N3O6. The third-order valence-corrected chi connectivity index (χ3v) is 5.63. The predicted molar refractivity (Wildman–Crippen MR) is 135 cm³/mol. The highest BCUT2D eigenvalue weighted by molar-refractivity contribution is 6.14. The van der Waals surface area contributed by atoms with E-state index in [1.54, 1.807) is 41.1 Å². The topological polar surface area (TPSA) is 109 Å². The van der Waals surface area contributed by atoms with Crippen molar-refractivity contribution < 1.29 is 28.6 Å². The molecule has 1 aliphatic heterocycles. The van der Waals surface area contributed by atoms with Gasteiger partial charge in [-0.1, -0.05) is 36.4 Å². The number of rotatable bonds is 7. The Morgan fingerprint density at radius 3 is 2.38 bits per heavy atom. The van der Waals surface area contributed by atoms with Gasteiger partial charge in [-0.2, -0.15) is 5.10 Å². The van der Waals surface area contributed by atoms with Gasteiger partial charge in [-0.05, 0) is 43.3 Å². The highest BCUT2D eigenvalue weighted by Crippen LogP contribution is 2.31. The number of amides is 1. The average Bonchev–Trinajstić information content (AvgIpc) is 3.31.